The first-order valence-corrected chi connectivity index (χ1v) is 7.38. The molecule has 20 heavy (non-hydrogen) atoms. The van der Waals surface area contributed by atoms with E-state index in [0.717, 1.165) is 26.1 Å². The van der Waals surface area contributed by atoms with Crippen molar-refractivity contribution in [1.82, 2.24) is 0 Å². The summed E-state index contributed by atoms with van der Waals surface area (Å²) in [5.41, 5.74) is 5.28. The smallest absolute Gasteiger partial charge is 0.0751 e. The maximum Gasteiger partial charge on any atom is 0.0751 e. The van der Waals surface area contributed by atoms with Crippen LogP contribution in [0.1, 0.15) is 36.1 Å². The SMILES string of the molecule is CCCc1ccccc1NC1COCc2ccccc21. The van der Waals surface area contributed by atoms with Crippen LogP contribution in [0.2, 0.25) is 0 Å². The van der Waals surface area contributed by atoms with Crippen LogP contribution in [0.15, 0.2) is 48.5 Å². The average Bonchev–Trinajstić information content (AvgIpc) is 2.50. The van der Waals surface area contributed by atoms with Crippen molar-refractivity contribution in [2.24, 2.45) is 0 Å². The van der Waals surface area contributed by atoms with Crippen molar-refractivity contribution in [2.75, 3.05) is 11.9 Å². The standard InChI is InChI=1S/C18H21NO/c1-2-7-14-8-4-6-11-17(14)19-18-13-20-12-15-9-3-5-10-16(15)18/h3-6,8-11,18-19H,2,7,12-13H2,1H3. The van der Waals surface area contributed by atoms with Gasteiger partial charge in [0.1, 0.15) is 0 Å². The van der Waals surface area contributed by atoms with Crippen LogP contribution in [0.4, 0.5) is 5.69 Å². The molecule has 0 fully saturated rings. The number of para-hydroxylation sites is 1. The Kier molecular flexibility index (Phi) is 4.03. The number of nitrogens with one attached hydrogen (secondary N) is 1. The fourth-order valence-electron chi connectivity index (χ4n) is 2.84. The number of fused-ring (bicyclic) bond motifs is 1. The molecule has 0 saturated heterocycles. The van der Waals surface area contributed by atoms with Gasteiger partial charge >= 0.3 is 0 Å². The lowest BCUT2D eigenvalue weighted by molar-refractivity contribution is 0.0970. The zero-order valence-corrected chi connectivity index (χ0v) is 11.9. The van der Waals surface area contributed by atoms with Crippen LogP contribution in [0.3, 0.4) is 0 Å². The second-order valence-corrected chi connectivity index (χ2v) is 5.32. The van der Waals surface area contributed by atoms with Crippen molar-refractivity contribution in [3.8, 4) is 0 Å². The molecule has 0 radical (unpaired) electrons. The molecule has 2 heteroatoms. The van der Waals surface area contributed by atoms with E-state index >= 15 is 0 Å². The second kappa shape index (κ2) is 6.10. The average molecular weight is 267 g/mol. The van der Waals surface area contributed by atoms with Crippen LogP contribution in [-0.2, 0) is 17.8 Å². The summed E-state index contributed by atoms with van der Waals surface area (Å²) >= 11 is 0. The molecule has 0 bridgehead atoms. The Balaban J connectivity index is 1.86. The highest BCUT2D eigenvalue weighted by Crippen LogP contribution is 2.29. The number of hydrogen-bond donors (Lipinski definition) is 1. The molecular formula is C18H21NO. The summed E-state index contributed by atoms with van der Waals surface area (Å²) in [5, 5.41) is 3.67. The van der Waals surface area contributed by atoms with Gasteiger partial charge in [0.2, 0.25) is 0 Å². The van der Waals surface area contributed by atoms with Gasteiger partial charge < -0.3 is 10.1 Å². The predicted molar refractivity (Wildman–Crippen MR) is 82.9 cm³/mol. The fourth-order valence-corrected chi connectivity index (χ4v) is 2.84. The fraction of sp³-hybridized carbons (Fsp3) is 0.333. The second-order valence-electron chi connectivity index (χ2n) is 5.32. The van der Waals surface area contributed by atoms with Crippen molar-refractivity contribution in [1.29, 1.82) is 0 Å². The van der Waals surface area contributed by atoms with E-state index in [4.69, 9.17) is 4.74 Å². The minimum Gasteiger partial charge on any atom is -0.376 e. The normalized spacial score (nSPS) is 17.6. The molecule has 2 aromatic carbocycles. The number of ether oxygens (including phenoxy) is 1. The molecule has 0 saturated carbocycles. The third-order valence-corrected chi connectivity index (χ3v) is 3.84. The lowest BCUT2D eigenvalue weighted by Gasteiger charge is -2.28. The molecule has 1 unspecified atom stereocenters. The number of benzene rings is 2. The zero-order chi connectivity index (χ0) is 13.8. The highest BCUT2D eigenvalue weighted by molar-refractivity contribution is 5.53. The lowest BCUT2D eigenvalue weighted by Crippen LogP contribution is -2.23. The first-order chi connectivity index (χ1) is 9.88. The zero-order valence-electron chi connectivity index (χ0n) is 11.9. The highest BCUT2D eigenvalue weighted by Gasteiger charge is 2.20. The molecule has 0 spiro atoms. The summed E-state index contributed by atoms with van der Waals surface area (Å²) in [6.45, 7) is 3.68. The summed E-state index contributed by atoms with van der Waals surface area (Å²) < 4.78 is 5.72. The van der Waals surface area contributed by atoms with E-state index in [-0.39, 0.29) is 6.04 Å². The lowest BCUT2D eigenvalue weighted by atomic mass is 9.98. The van der Waals surface area contributed by atoms with Crippen molar-refractivity contribution in [3.05, 3.63) is 65.2 Å². The minimum atomic E-state index is 0.248. The van der Waals surface area contributed by atoms with Crippen LogP contribution >= 0.6 is 0 Å². The van der Waals surface area contributed by atoms with Gasteiger partial charge in [0.05, 0.1) is 19.3 Å². The summed E-state index contributed by atoms with van der Waals surface area (Å²) in [5.74, 6) is 0. The monoisotopic (exact) mass is 267 g/mol. The number of hydrogen-bond acceptors (Lipinski definition) is 2. The first kappa shape index (κ1) is 13.2. The topological polar surface area (TPSA) is 21.3 Å². The molecule has 0 aromatic heterocycles. The van der Waals surface area contributed by atoms with E-state index in [2.05, 4.69) is 60.8 Å². The molecule has 2 aromatic rings. The number of anilines is 1. The molecule has 1 aliphatic rings. The Morgan fingerprint density at radius 3 is 2.80 bits per heavy atom. The maximum atomic E-state index is 5.72. The van der Waals surface area contributed by atoms with Crippen LogP contribution in [-0.4, -0.2) is 6.61 Å². The molecule has 1 heterocycles. The molecule has 0 aliphatic carbocycles. The summed E-state index contributed by atoms with van der Waals surface area (Å²) in [4.78, 5) is 0. The van der Waals surface area contributed by atoms with Gasteiger partial charge in [-0.2, -0.15) is 0 Å². The van der Waals surface area contributed by atoms with E-state index in [9.17, 15) is 0 Å². The van der Waals surface area contributed by atoms with Gasteiger partial charge in [0.15, 0.2) is 0 Å². The summed E-state index contributed by atoms with van der Waals surface area (Å²) in [7, 11) is 0. The van der Waals surface area contributed by atoms with Gasteiger partial charge in [-0.3, -0.25) is 0 Å². The van der Waals surface area contributed by atoms with Crippen molar-refractivity contribution in [3.63, 3.8) is 0 Å². The van der Waals surface area contributed by atoms with Gasteiger partial charge in [0.25, 0.3) is 0 Å². The quantitative estimate of drug-likeness (QED) is 0.890. The maximum absolute atomic E-state index is 5.72. The molecule has 1 atom stereocenters. The van der Waals surface area contributed by atoms with Crippen molar-refractivity contribution >= 4 is 5.69 Å². The molecule has 1 N–H and O–H groups in total. The Labute approximate surface area is 120 Å². The first-order valence-electron chi connectivity index (χ1n) is 7.38. The van der Waals surface area contributed by atoms with Gasteiger partial charge in [-0.05, 0) is 29.2 Å². The molecule has 104 valence electrons. The summed E-state index contributed by atoms with van der Waals surface area (Å²) in [6, 6.07) is 17.4. The Morgan fingerprint density at radius 1 is 1.10 bits per heavy atom. The molecule has 0 amide bonds. The van der Waals surface area contributed by atoms with Crippen LogP contribution in [0.25, 0.3) is 0 Å². The Hall–Kier alpha value is -1.80. The molecule has 2 nitrogen and oxygen atoms in total. The minimum absolute atomic E-state index is 0.248. The molecule has 3 rings (SSSR count). The third-order valence-electron chi connectivity index (χ3n) is 3.84. The molecule has 1 aliphatic heterocycles. The highest BCUT2D eigenvalue weighted by atomic mass is 16.5. The number of rotatable bonds is 4. The van der Waals surface area contributed by atoms with Gasteiger partial charge in [-0.15, -0.1) is 0 Å². The Bertz CT molecular complexity index is 579. The van der Waals surface area contributed by atoms with E-state index < -0.39 is 0 Å². The van der Waals surface area contributed by atoms with Crippen LogP contribution < -0.4 is 5.32 Å². The molecular weight excluding hydrogens is 246 g/mol. The summed E-state index contributed by atoms with van der Waals surface area (Å²) in [6.07, 6.45) is 2.27. The van der Waals surface area contributed by atoms with E-state index in [1.54, 1.807) is 0 Å². The van der Waals surface area contributed by atoms with E-state index in [0.29, 0.717) is 0 Å². The van der Waals surface area contributed by atoms with Crippen LogP contribution in [0, 0.1) is 0 Å². The predicted octanol–water partition coefficient (Wildman–Crippen LogP) is 4.32. The Morgan fingerprint density at radius 2 is 1.90 bits per heavy atom. The van der Waals surface area contributed by atoms with E-state index in [1.807, 2.05) is 0 Å². The van der Waals surface area contributed by atoms with Crippen molar-refractivity contribution < 1.29 is 4.74 Å². The number of aryl methyl sites for hydroxylation is 1. The van der Waals surface area contributed by atoms with Crippen LogP contribution in [0.5, 0.6) is 0 Å². The largest absolute Gasteiger partial charge is 0.376 e. The van der Waals surface area contributed by atoms with Gasteiger partial charge in [-0.1, -0.05) is 55.8 Å². The van der Waals surface area contributed by atoms with Gasteiger partial charge in [-0.25, -0.2) is 0 Å². The van der Waals surface area contributed by atoms with Crippen molar-refractivity contribution in [2.45, 2.75) is 32.4 Å². The third kappa shape index (κ3) is 2.70. The van der Waals surface area contributed by atoms with Gasteiger partial charge in [0, 0.05) is 5.69 Å². The van der Waals surface area contributed by atoms with E-state index in [1.165, 1.54) is 22.4 Å².